The van der Waals surface area contributed by atoms with Crippen LogP contribution >= 0.6 is 11.8 Å². The van der Waals surface area contributed by atoms with E-state index in [1.807, 2.05) is 36.6 Å². The van der Waals surface area contributed by atoms with Gasteiger partial charge in [-0.15, -0.1) is 0 Å². The van der Waals surface area contributed by atoms with Crippen molar-refractivity contribution < 1.29 is 9.59 Å². The van der Waals surface area contributed by atoms with E-state index in [-0.39, 0.29) is 23.9 Å². The van der Waals surface area contributed by atoms with E-state index in [4.69, 9.17) is 0 Å². The zero-order valence-corrected chi connectivity index (χ0v) is 14.6. The third-order valence-electron chi connectivity index (χ3n) is 4.14. The van der Waals surface area contributed by atoms with Gasteiger partial charge in [-0.2, -0.15) is 11.8 Å². The summed E-state index contributed by atoms with van der Waals surface area (Å²) in [6.07, 6.45) is 3.34. The average Bonchev–Trinajstić information content (AvgIpc) is 2.58. The molecule has 2 atom stereocenters. The van der Waals surface area contributed by atoms with Crippen LogP contribution in [0.1, 0.15) is 12.0 Å². The van der Waals surface area contributed by atoms with E-state index in [9.17, 15) is 9.59 Å². The summed E-state index contributed by atoms with van der Waals surface area (Å²) in [5.74, 6) is 0.843. The number of thioether (sulfide) groups is 1. The zero-order valence-electron chi connectivity index (χ0n) is 13.7. The van der Waals surface area contributed by atoms with Gasteiger partial charge in [0.05, 0.1) is 6.04 Å². The Labute approximate surface area is 142 Å². The van der Waals surface area contributed by atoms with Gasteiger partial charge in [-0.1, -0.05) is 30.3 Å². The van der Waals surface area contributed by atoms with Crippen LogP contribution in [0.15, 0.2) is 30.3 Å². The lowest BCUT2D eigenvalue weighted by Crippen LogP contribution is -2.60. The highest BCUT2D eigenvalue weighted by Gasteiger charge is 2.35. The van der Waals surface area contributed by atoms with Crippen LogP contribution in [0.25, 0.3) is 0 Å². The predicted octanol–water partition coefficient (Wildman–Crippen LogP) is 0.897. The van der Waals surface area contributed by atoms with E-state index in [2.05, 4.69) is 10.6 Å². The van der Waals surface area contributed by atoms with Crippen molar-refractivity contribution in [2.75, 3.05) is 32.1 Å². The maximum Gasteiger partial charge on any atom is 0.242 e. The van der Waals surface area contributed by atoms with Gasteiger partial charge in [0.1, 0.15) is 6.04 Å². The fraction of sp³-hybridized carbons (Fsp3) is 0.529. The Hall–Kier alpha value is -1.53. The number of rotatable bonds is 7. The molecule has 2 amide bonds. The van der Waals surface area contributed by atoms with E-state index in [0.717, 1.165) is 11.3 Å². The number of nitrogens with zero attached hydrogens (tertiary/aromatic N) is 1. The summed E-state index contributed by atoms with van der Waals surface area (Å²) in [5.41, 5.74) is 1.11. The fourth-order valence-electron chi connectivity index (χ4n) is 2.86. The van der Waals surface area contributed by atoms with Crippen LogP contribution in [0, 0.1) is 0 Å². The van der Waals surface area contributed by atoms with Crippen molar-refractivity contribution in [3.05, 3.63) is 35.9 Å². The third kappa shape index (κ3) is 4.72. The van der Waals surface area contributed by atoms with Crippen molar-refractivity contribution in [2.45, 2.75) is 24.9 Å². The van der Waals surface area contributed by atoms with Crippen molar-refractivity contribution >= 4 is 23.6 Å². The van der Waals surface area contributed by atoms with E-state index in [1.165, 1.54) is 0 Å². The maximum absolute atomic E-state index is 12.9. The molecule has 1 aliphatic heterocycles. The van der Waals surface area contributed by atoms with Crippen LogP contribution in [-0.2, 0) is 16.0 Å². The lowest BCUT2D eigenvalue weighted by atomic mass is 10.0. The summed E-state index contributed by atoms with van der Waals surface area (Å²) in [6.45, 7) is 1.11. The van der Waals surface area contributed by atoms with E-state index in [1.54, 1.807) is 23.7 Å². The monoisotopic (exact) mass is 335 g/mol. The van der Waals surface area contributed by atoms with Crippen LogP contribution in [0.5, 0.6) is 0 Å². The molecule has 2 N–H and O–H groups in total. The SMILES string of the molecule is CN[C@@H](Cc1ccccc1)C(=O)N1CCNC(=O)[C@@H]1CCSC. The van der Waals surface area contributed by atoms with Gasteiger partial charge in [-0.05, 0) is 37.5 Å². The molecule has 0 unspecified atom stereocenters. The standard InChI is InChI=1S/C17H25N3O2S/c1-18-14(12-13-6-4-3-5-7-13)17(22)20-10-9-19-16(21)15(20)8-11-23-2/h3-7,14-15,18H,8-12H2,1-2H3,(H,19,21)/t14-,15-/m0/s1. The van der Waals surface area contributed by atoms with Gasteiger partial charge in [0.15, 0.2) is 0 Å². The number of benzene rings is 1. The zero-order chi connectivity index (χ0) is 16.7. The Kier molecular flexibility index (Phi) is 6.92. The molecule has 0 bridgehead atoms. The third-order valence-corrected chi connectivity index (χ3v) is 4.78. The number of amides is 2. The lowest BCUT2D eigenvalue weighted by Gasteiger charge is -2.37. The molecule has 5 nitrogen and oxygen atoms in total. The van der Waals surface area contributed by atoms with Crippen molar-refractivity contribution in [1.82, 2.24) is 15.5 Å². The van der Waals surface area contributed by atoms with Crippen LogP contribution < -0.4 is 10.6 Å². The number of likely N-dealkylation sites (N-methyl/N-ethyl adjacent to an activating group) is 1. The quantitative estimate of drug-likeness (QED) is 0.777. The van der Waals surface area contributed by atoms with Crippen LogP contribution in [0.4, 0.5) is 0 Å². The Bertz CT molecular complexity index is 524. The number of hydrogen-bond acceptors (Lipinski definition) is 4. The van der Waals surface area contributed by atoms with E-state index >= 15 is 0 Å². The molecule has 1 heterocycles. The van der Waals surface area contributed by atoms with Crippen LogP contribution in [-0.4, -0.2) is 60.9 Å². The first-order valence-corrected chi connectivity index (χ1v) is 9.35. The Morgan fingerprint density at radius 3 is 2.83 bits per heavy atom. The smallest absolute Gasteiger partial charge is 0.242 e. The van der Waals surface area contributed by atoms with Gasteiger partial charge in [-0.3, -0.25) is 9.59 Å². The highest BCUT2D eigenvalue weighted by atomic mass is 32.2. The van der Waals surface area contributed by atoms with E-state index < -0.39 is 0 Å². The number of hydrogen-bond donors (Lipinski definition) is 2. The van der Waals surface area contributed by atoms with Crippen molar-refractivity contribution in [3.8, 4) is 0 Å². The minimum atomic E-state index is -0.352. The summed E-state index contributed by atoms with van der Waals surface area (Å²) in [6, 6.07) is 9.30. The second-order valence-electron chi connectivity index (χ2n) is 5.65. The molecule has 126 valence electrons. The molecule has 1 saturated heterocycles. The molecule has 1 aromatic rings. The van der Waals surface area contributed by atoms with Gasteiger partial charge in [0, 0.05) is 13.1 Å². The number of carbonyl (C=O) groups excluding carboxylic acids is 2. The largest absolute Gasteiger partial charge is 0.353 e. The van der Waals surface area contributed by atoms with Crippen LogP contribution in [0.2, 0.25) is 0 Å². The predicted molar refractivity (Wildman–Crippen MR) is 94.5 cm³/mol. The Morgan fingerprint density at radius 2 is 2.17 bits per heavy atom. The molecule has 0 radical (unpaired) electrons. The van der Waals surface area contributed by atoms with Crippen molar-refractivity contribution in [3.63, 3.8) is 0 Å². The van der Waals surface area contributed by atoms with Gasteiger partial charge < -0.3 is 15.5 Å². The van der Waals surface area contributed by atoms with Gasteiger partial charge in [0.2, 0.25) is 11.8 Å². The molecule has 23 heavy (non-hydrogen) atoms. The van der Waals surface area contributed by atoms with Crippen LogP contribution in [0.3, 0.4) is 0 Å². The molecule has 0 aliphatic carbocycles. The molecule has 1 fully saturated rings. The first-order valence-electron chi connectivity index (χ1n) is 7.95. The fourth-order valence-corrected chi connectivity index (χ4v) is 3.32. The Balaban J connectivity index is 2.09. The van der Waals surface area contributed by atoms with E-state index in [0.29, 0.717) is 25.9 Å². The van der Waals surface area contributed by atoms with Crippen molar-refractivity contribution in [1.29, 1.82) is 0 Å². The minimum absolute atomic E-state index is 0.0114. The van der Waals surface area contributed by atoms with Crippen molar-refractivity contribution in [2.24, 2.45) is 0 Å². The molecular weight excluding hydrogens is 310 g/mol. The Morgan fingerprint density at radius 1 is 1.43 bits per heavy atom. The summed E-state index contributed by atoms with van der Waals surface area (Å²) >= 11 is 1.69. The summed E-state index contributed by atoms with van der Waals surface area (Å²) in [5, 5.41) is 5.98. The highest BCUT2D eigenvalue weighted by molar-refractivity contribution is 7.98. The average molecular weight is 335 g/mol. The molecule has 0 aromatic heterocycles. The molecule has 6 heteroatoms. The van der Waals surface area contributed by atoms with Gasteiger partial charge in [0.25, 0.3) is 0 Å². The maximum atomic E-state index is 12.9. The minimum Gasteiger partial charge on any atom is -0.353 e. The summed E-state index contributed by atoms with van der Waals surface area (Å²) in [4.78, 5) is 26.8. The number of nitrogens with one attached hydrogen (secondary N) is 2. The normalized spacial score (nSPS) is 19.3. The summed E-state index contributed by atoms with van der Waals surface area (Å²) < 4.78 is 0. The number of carbonyl (C=O) groups is 2. The lowest BCUT2D eigenvalue weighted by molar-refractivity contribution is -0.144. The molecule has 1 aromatic carbocycles. The molecule has 1 aliphatic rings. The van der Waals surface area contributed by atoms with Gasteiger partial charge in [-0.25, -0.2) is 0 Å². The molecular formula is C17H25N3O2S. The topological polar surface area (TPSA) is 61.4 Å². The summed E-state index contributed by atoms with van der Waals surface area (Å²) in [7, 11) is 1.80. The molecule has 2 rings (SSSR count). The molecule has 0 saturated carbocycles. The number of piperazine rings is 1. The van der Waals surface area contributed by atoms with Gasteiger partial charge >= 0.3 is 0 Å². The first kappa shape index (κ1) is 17.8. The molecule has 0 spiro atoms. The second-order valence-corrected chi connectivity index (χ2v) is 6.64. The highest BCUT2D eigenvalue weighted by Crippen LogP contribution is 2.15. The first-order chi connectivity index (χ1) is 11.2. The second kappa shape index (κ2) is 8.93.